The molecule has 19 heavy (non-hydrogen) atoms. The van der Waals surface area contributed by atoms with Gasteiger partial charge in [0.25, 0.3) is 0 Å². The van der Waals surface area contributed by atoms with E-state index >= 15 is 0 Å². The van der Waals surface area contributed by atoms with E-state index in [1.807, 2.05) is 31.2 Å². The van der Waals surface area contributed by atoms with Crippen LogP contribution in [0.15, 0.2) is 45.3 Å². The van der Waals surface area contributed by atoms with Gasteiger partial charge in [-0.25, -0.2) is 4.39 Å². The molecular formula is C15H14Br2FN. The van der Waals surface area contributed by atoms with Gasteiger partial charge in [-0.05, 0) is 60.4 Å². The van der Waals surface area contributed by atoms with Crippen molar-refractivity contribution in [3.8, 4) is 0 Å². The van der Waals surface area contributed by atoms with Crippen LogP contribution in [0, 0.1) is 12.7 Å². The summed E-state index contributed by atoms with van der Waals surface area (Å²) in [6.07, 6.45) is 0.610. The van der Waals surface area contributed by atoms with Crippen LogP contribution in [0.2, 0.25) is 0 Å². The first-order chi connectivity index (χ1) is 8.95. The third-order valence-electron chi connectivity index (χ3n) is 3.01. The first-order valence-corrected chi connectivity index (χ1v) is 7.51. The Kier molecular flexibility index (Phi) is 4.76. The van der Waals surface area contributed by atoms with Crippen molar-refractivity contribution in [1.29, 1.82) is 0 Å². The van der Waals surface area contributed by atoms with Crippen LogP contribution in [-0.2, 0) is 6.42 Å². The molecule has 0 aliphatic carbocycles. The lowest BCUT2D eigenvalue weighted by Crippen LogP contribution is -2.14. The van der Waals surface area contributed by atoms with Crippen molar-refractivity contribution in [1.82, 2.24) is 0 Å². The van der Waals surface area contributed by atoms with Gasteiger partial charge in [-0.3, -0.25) is 0 Å². The van der Waals surface area contributed by atoms with Crippen molar-refractivity contribution in [2.75, 3.05) is 0 Å². The maximum Gasteiger partial charge on any atom is 0.124 e. The van der Waals surface area contributed by atoms with Gasteiger partial charge in [-0.2, -0.15) is 0 Å². The molecule has 2 aromatic carbocycles. The van der Waals surface area contributed by atoms with E-state index in [0.717, 1.165) is 25.6 Å². The van der Waals surface area contributed by atoms with E-state index in [2.05, 4.69) is 31.9 Å². The van der Waals surface area contributed by atoms with Crippen molar-refractivity contribution in [2.24, 2.45) is 5.73 Å². The molecule has 2 aromatic rings. The van der Waals surface area contributed by atoms with Gasteiger partial charge in [0.1, 0.15) is 5.82 Å². The molecule has 1 atom stereocenters. The predicted octanol–water partition coefficient (Wildman–Crippen LogP) is 4.90. The molecule has 0 saturated heterocycles. The molecule has 0 spiro atoms. The highest BCUT2D eigenvalue weighted by atomic mass is 79.9. The number of benzene rings is 2. The number of aryl methyl sites for hydroxylation is 1. The first kappa shape index (κ1) is 14.7. The van der Waals surface area contributed by atoms with Crippen LogP contribution >= 0.6 is 31.9 Å². The van der Waals surface area contributed by atoms with Gasteiger partial charge in [-0.1, -0.05) is 37.9 Å². The van der Waals surface area contributed by atoms with Crippen LogP contribution in [0.3, 0.4) is 0 Å². The van der Waals surface area contributed by atoms with Gasteiger partial charge in [0.05, 0.1) is 0 Å². The first-order valence-electron chi connectivity index (χ1n) is 5.92. The zero-order chi connectivity index (χ0) is 14.0. The quantitative estimate of drug-likeness (QED) is 0.797. The second-order valence-corrected chi connectivity index (χ2v) is 6.42. The molecule has 0 amide bonds. The predicted molar refractivity (Wildman–Crippen MR) is 83.6 cm³/mol. The number of rotatable bonds is 3. The molecule has 0 bridgehead atoms. The summed E-state index contributed by atoms with van der Waals surface area (Å²) < 4.78 is 15.1. The van der Waals surface area contributed by atoms with E-state index in [9.17, 15) is 4.39 Å². The molecule has 0 aliphatic heterocycles. The summed E-state index contributed by atoms with van der Waals surface area (Å²) in [7, 11) is 0. The minimum atomic E-state index is -0.246. The summed E-state index contributed by atoms with van der Waals surface area (Å²) in [5.41, 5.74) is 9.34. The zero-order valence-electron chi connectivity index (χ0n) is 10.5. The van der Waals surface area contributed by atoms with E-state index in [4.69, 9.17) is 5.73 Å². The fourth-order valence-electron chi connectivity index (χ4n) is 2.15. The Morgan fingerprint density at radius 2 is 1.84 bits per heavy atom. The Morgan fingerprint density at radius 1 is 1.11 bits per heavy atom. The van der Waals surface area contributed by atoms with E-state index < -0.39 is 0 Å². The van der Waals surface area contributed by atoms with E-state index in [1.54, 1.807) is 0 Å². The Morgan fingerprint density at radius 3 is 2.47 bits per heavy atom. The average molecular weight is 387 g/mol. The summed E-state index contributed by atoms with van der Waals surface area (Å²) >= 11 is 6.73. The Hall–Kier alpha value is -0.710. The van der Waals surface area contributed by atoms with Crippen molar-refractivity contribution in [3.63, 3.8) is 0 Å². The minimum absolute atomic E-state index is 0.137. The average Bonchev–Trinajstić information content (AvgIpc) is 2.26. The van der Waals surface area contributed by atoms with E-state index in [1.165, 1.54) is 12.1 Å². The summed E-state index contributed by atoms with van der Waals surface area (Å²) in [4.78, 5) is 0. The summed E-state index contributed by atoms with van der Waals surface area (Å²) in [5, 5.41) is 0. The molecule has 1 unspecified atom stereocenters. The molecule has 0 heterocycles. The fourth-order valence-corrected chi connectivity index (χ4v) is 3.14. The highest BCUT2D eigenvalue weighted by Crippen LogP contribution is 2.24. The Balaban J connectivity index is 2.22. The lowest BCUT2D eigenvalue weighted by Gasteiger charge is -2.15. The van der Waals surface area contributed by atoms with Gasteiger partial charge in [0.2, 0.25) is 0 Å². The van der Waals surface area contributed by atoms with Gasteiger partial charge in [-0.15, -0.1) is 0 Å². The number of hydrogen-bond acceptors (Lipinski definition) is 1. The van der Waals surface area contributed by atoms with Gasteiger partial charge in [0, 0.05) is 15.0 Å². The van der Waals surface area contributed by atoms with Crippen LogP contribution in [-0.4, -0.2) is 0 Å². The fraction of sp³-hybridized carbons (Fsp3) is 0.200. The molecule has 0 radical (unpaired) electrons. The third kappa shape index (κ3) is 3.88. The second-order valence-electron chi connectivity index (χ2n) is 4.59. The van der Waals surface area contributed by atoms with Crippen molar-refractivity contribution in [2.45, 2.75) is 19.4 Å². The third-order valence-corrected chi connectivity index (χ3v) is 3.96. The molecule has 4 heteroatoms. The normalized spacial score (nSPS) is 12.5. The summed E-state index contributed by atoms with van der Waals surface area (Å²) in [6, 6.07) is 10.8. The topological polar surface area (TPSA) is 26.0 Å². The molecule has 0 saturated carbocycles. The lowest BCUT2D eigenvalue weighted by atomic mass is 9.96. The minimum Gasteiger partial charge on any atom is -0.324 e. The highest BCUT2D eigenvalue weighted by Gasteiger charge is 2.11. The smallest absolute Gasteiger partial charge is 0.124 e. The molecule has 2 N–H and O–H groups in total. The number of halogens is 3. The van der Waals surface area contributed by atoms with Gasteiger partial charge >= 0.3 is 0 Å². The largest absolute Gasteiger partial charge is 0.324 e. The lowest BCUT2D eigenvalue weighted by molar-refractivity contribution is 0.621. The van der Waals surface area contributed by atoms with E-state index in [-0.39, 0.29) is 11.9 Å². The van der Waals surface area contributed by atoms with E-state index in [0.29, 0.717) is 6.42 Å². The van der Waals surface area contributed by atoms with Gasteiger partial charge < -0.3 is 5.73 Å². The van der Waals surface area contributed by atoms with Gasteiger partial charge in [0.15, 0.2) is 0 Å². The molecule has 2 rings (SSSR count). The monoisotopic (exact) mass is 385 g/mol. The molecule has 100 valence electrons. The maximum atomic E-state index is 13.3. The Labute approximate surface area is 129 Å². The molecule has 0 aliphatic rings. The van der Waals surface area contributed by atoms with Crippen molar-refractivity contribution in [3.05, 3.63) is 67.9 Å². The molecular weight excluding hydrogens is 373 g/mol. The van der Waals surface area contributed by atoms with Crippen molar-refractivity contribution < 1.29 is 4.39 Å². The van der Waals surface area contributed by atoms with Crippen LogP contribution < -0.4 is 5.73 Å². The summed E-state index contributed by atoms with van der Waals surface area (Å²) in [6.45, 7) is 2.03. The van der Waals surface area contributed by atoms with Crippen LogP contribution in [0.5, 0.6) is 0 Å². The zero-order valence-corrected chi connectivity index (χ0v) is 13.6. The Bertz CT molecular complexity index is 578. The summed E-state index contributed by atoms with van der Waals surface area (Å²) in [5.74, 6) is -0.246. The van der Waals surface area contributed by atoms with Crippen molar-refractivity contribution >= 4 is 31.9 Å². The maximum absolute atomic E-state index is 13.3. The standard InChI is InChI=1S/C15H14Br2FN/c1-9-4-11(16)2-3-14(9)15(19)7-10-5-12(17)8-13(18)6-10/h2-6,8,15H,7,19H2,1H3. The van der Waals surface area contributed by atoms with Crippen LogP contribution in [0.1, 0.15) is 22.7 Å². The van der Waals surface area contributed by atoms with Crippen LogP contribution in [0.25, 0.3) is 0 Å². The highest BCUT2D eigenvalue weighted by molar-refractivity contribution is 9.10. The number of hydrogen-bond donors (Lipinski definition) is 1. The second kappa shape index (κ2) is 6.16. The molecule has 1 nitrogen and oxygen atoms in total. The molecule has 0 aromatic heterocycles. The number of nitrogens with two attached hydrogens (primary N) is 1. The SMILES string of the molecule is Cc1cc(Br)ccc1C(N)Cc1cc(F)cc(Br)c1. The molecule has 0 fully saturated rings. The van der Waals surface area contributed by atoms with Crippen LogP contribution in [0.4, 0.5) is 4.39 Å².